The Morgan fingerprint density at radius 2 is 1.20 bits per heavy atom. The van der Waals surface area contributed by atoms with Crippen LogP contribution in [-0.2, 0) is 12.8 Å². The molecule has 0 aromatic heterocycles. The highest BCUT2D eigenvalue weighted by Gasteiger charge is 2.34. The molecule has 0 saturated heterocycles. The standard InChI is InChI=1S/C35H28F10O/c1-2-3-4-5-6-26(36)33(42)22-12-9-20(10-13-22)7-8-21-11-14-25(27(37)15-21)23-16-28(38)32(29(39)17-23)24-18-30(40)34(31(41)19-24)46-35(43,44)45/h9-19H,2-8H2,1H3. The quantitative estimate of drug-likeness (QED) is 0.109. The Labute approximate surface area is 259 Å². The molecule has 244 valence electrons. The Morgan fingerprint density at radius 1 is 0.630 bits per heavy atom. The van der Waals surface area contributed by atoms with Crippen LogP contribution in [0.4, 0.5) is 43.9 Å². The fourth-order valence-corrected chi connectivity index (χ4v) is 4.95. The van der Waals surface area contributed by atoms with Crippen LogP contribution in [0.1, 0.15) is 55.7 Å². The Balaban J connectivity index is 1.46. The van der Waals surface area contributed by atoms with Gasteiger partial charge < -0.3 is 4.74 Å². The highest BCUT2D eigenvalue weighted by Crippen LogP contribution is 2.37. The maximum absolute atomic E-state index is 15.1. The van der Waals surface area contributed by atoms with Gasteiger partial charge in [-0.1, -0.05) is 62.6 Å². The lowest BCUT2D eigenvalue weighted by molar-refractivity contribution is -0.276. The zero-order chi connectivity index (χ0) is 33.6. The summed E-state index contributed by atoms with van der Waals surface area (Å²) < 4.78 is 142. The molecule has 4 aromatic carbocycles. The molecule has 0 radical (unpaired) electrons. The number of hydrogen-bond donors (Lipinski definition) is 0. The minimum absolute atomic E-state index is 0.0382. The predicted molar refractivity (Wildman–Crippen MR) is 156 cm³/mol. The molecule has 46 heavy (non-hydrogen) atoms. The third kappa shape index (κ3) is 8.70. The number of rotatable bonds is 12. The van der Waals surface area contributed by atoms with Crippen molar-refractivity contribution in [3.63, 3.8) is 0 Å². The molecule has 0 saturated carbocycles. The molecule has 0 aliphatic rings. The van der Waals surface area contributed by atoms with Crippen LogP contribution < -0.4 is 4.74 Å². The van der Waals surface area contributed by atoms with Crippen LogP contribution in [0.3, 0.4) is 0 Å². The van der Waals surface area contributed by atoms with E-state index in [9.17, 15) is 39.5 Å². The predicted octanol–water partition coefficient (Wildman–Crippen LogP) is 12.0. The second-order valence-electron chi connectivity index (χ2n) is 10.7. The SMILES string of the molecule is CCCCCCC(F)=C(F)c1ccc(CCc2ccc(-c3cc(F)c(-c4cc(F)c(OC(F)(F)F)c(F)c4)c(F)c3)c(F)c2)cc1. The van der Waals surface area contributed by atoms with E-state index in [0.717, 1.165) is 37.0 Å². The van der Waals surface area contributed by atoms with Crippen LogP contribution in [0, 0.1) is 29.1 Å². The van der Waals surface area contributed by atoms with Gasteiger partial charge in [0, 0.05) is 17.5 Å². The molecule has 0 unspecified atom stereocenters. The van der Waals surface area contributed by atoms with E-state index in [1.54, 1.807) is 12.1 Å². The summed E-state index contributed by atoms with van der Waals surface area (Å²) in [6, 6.07) is 12.3. The van der Waals surface area contributed by atoms with Gasteiger partial charge in [0.05, 0.1) is 5.56 Å². The Hall–Kier alpha value is -4.28. The van der Waals surface area contributed by atoms with E-state index in [1.165, 1.54) is 30.3 Å². The van der Waals surface area contributed by atoms with E-state index >= 15 is 4.39 Å². The summed E-state index contributed by atoms with van der Waals surface area (Å²) in [6.07, 6.45) is -1.23. The van der Waals surface area contributed by atoms with Gasteiger partial charge in [0.15, 0.2) is 17.5 Å². The van der Waals surface area contributed by atoms with Crippen LogP contribution in [0.25, 0.3) is 28.1 Å². The molecular weight excluding hydrogens is 626 g/mol. The summed E-state index contributed by atoms with van der Waals surface area (Å²) >= 11 is 0. The second-order valence-corrected chi connectivity index (χ2v) is 10.7. The Kier molecular flexibility index (Phi) is 11.2. The molecule has 1 nitrogen and oxygen atoms in total. The number of benzene rings is 4. The van der Waals surface area contributed by atoms with Crippen LogP contribution in [-0.4, -0.2) is 6.36 Å². The van der Waals surface area contributed by atoms with Gasteiger partial charge >= 0.3 is 6.36 Å². The largest absolute Gasteiger partial charge is 0.573 e. The highest BCUT2D eigenvalue weighted by atomic mass is 19.4. The summed E-state index contributed by atoms with van der Waals surface area (Å²) in [5.74, 6) is -10.6. The lowest BCUT2D eigenvalue weighted by atomic mass is 9.96. The van der Waals surface area contributed by atoms with Crippen molar-refractivity contribution in [2.24, 2.45) is 0 Å². The van der Waals surface area contributed by atoms with Crippen molar-refractivity contribution in [1.29, 1.82) is 0 Å². The molecule has 0 heterocycles. The average Bonchev–Trinajstić information content (AvgIpc) is 2.99. The van der Waals surface area contributed by atoms with Gasteiger partial charge in [-0.25, -0.2) is 30.7 Å². The van der Waals surface area contributed by atoms with E-state index in [0.29, 0.717) is 24.8 Å². The number of unbranched alkanes of at least 4 members (excludes halogenated alkanes) is 3. The van der Waals surface area contributed by atoms with Gasteiger partial charge in [-0.05, 0) is 71.8 Å². The molecule has 4 aromatic rings. The molecule has 0 bridgehead atoms. The van der Waals surface area contributed by atoms with E-state index in [2.05, 4.69) is 4.74 Å². The van der Waals surface area contributed by atoms with Crippen molar-refractivity contribution in [2.45, 2.75) is 58.2 Å². The van der Waals surface area contributed by atoms with Gasteiger partial charge in [-0.3, -0.25) is 0 Å². The van der Waals surface area contributed by atoms with Gasteiger partial charge in [0.25, 0.3) is 0 Å². The Morgan fingerprint density at radius 3 is 1.76 bits per heavy atom. The second kappa shape index (κ2) is 14.9. The summed E-state index contributed by atoms with van der Waals surface area (Å²) in [6.45, 7) is 2.03. The van der Waals surface area contributed by atoms with E-state index in [1.807, 2.05) is 6.92 Å². The zero-order valence-corrected chi connectivity index (χ0v) is 24.5. The van der Waals surface area contributed by atoms with Crippen LogP contribution >= 0.6 is 0 Å². The number of ether oxygens (including phenoxy) is 1. The third-order valence-electron chi connectivity index (χ3n) is 7.29. The van der Waals surface area contributed by atoms with Crippen LogP contribution in [0.2, 0.25) is 0 Å². The molecule has 11 heteroatoms. The summed E-state index contributed by atoms with van der Waals surface area (Å²) in [5.41, 5.74) is -0.629. The van der Waals surface area contributed by atoms with Crippen molar-refractivity contribution >= 4 is 5.83 Å². The van der Waals surface area contributed by atoms with Crippen molar-refractivity contribution in [1.82, 2.24) is 0 Å². The first-order chi connectivity index (χ1) is 21.8. The molecule has 0 N–H and O–H groups in total. The normalized spacial score (nSPS) is 12.3. The first kappa shape index (κ1) is 34.6. The zero-order valence-electron chi connectivity index (χ0n) is 24.5. The summed E-state index contributed by atoms with van der Waals surface area (Å²) in [4.78, 5) is 0. The fourth-order valence-electron chi connectivity index (χ4n) is 4.95. The summed E-state index contributed by atoms with van der Waals surface area (Å²) in [7, 11) is 0. The van der Waals surface area contributed by atoms with Gasteiger partial charge in [-0.2, -0.15) is 0 Å². The van der Waals surface area contributed by atoms with Crippen LogP contribution in [0.15, 0.2) is 72.6 Å². The molecule has 0 amide bonds. The van der Waals surface area contributed by atoms with E-state index < -0.39 is 64.0 Å². The van der Waals surface area contributed by atoms with Crippen molar-refractivity contribution in [3.05, 3.63) is 118 Å². The fraction of sp³-hybridized carbons (Fsp3) is 0.257. The minimum atomic E-state index is -5.40. The molecule has 0 spiro atoms. The number of hydrogen-bond acceptors (Lipinski definition) is 1. The minimum Gasteiger partial charge on any atom is -0.399 e. The maximum atomic E-state index is 15.1. The molecular formula is C35H28F10O. The molecule has 0 aliphatic carbocycles. The molecule has 0 aliphatic heterocycles. The lowest BCUT2D eigenvalue weighted by Crippen LogP contribution is -2.19. The smallest absolute Gasteiger partial charge is 0.399 e. The lowest BCUT2D eigenvalue weighted by Gasteiger charge is -2.14. The van der Waals surface area contributed by atoms with Crippen LogP contribution in [0.5, 0.6) is 5.75 Å². The molecule has 4 rings (SSSR count). The van der Waals surface area contributed by atoms with Crippen molar-refractivity contribution in [3.8, 4) is 28.0 Å². The van der Waals surface area contributed by atoms with E-state index in [4.69, 9.17) is 0 Å². The van der Waals surface area contributed by atoms with Crippen molar-refractivity contribution in [2.75, 3.05) is 0 Å². The first-order valence-electron chi connectivity index (χ1n) is 14.4. The summed E-state index contributed by atoms with van der Waals surface area (Å²) in [5, 5.41) is 0. The van der Waals surface area contributed by atoms with Gasteiger partial charge in [0.1, 0.15) is 23.3 Å². The topological polar surface area (TPSA) is 9.23 Å². The number of aryl methyl sites for hydroxylation is 2. The average molecular weight is 655 g/mol. The monoisotopic (exact) mass is 654 g/mol. The number of alkyl halides is 3. The third-order valence-corrected chi connectivity index (χ3v) is 7.29. The van der Waals surface area contributed by atoms with Crippen molar-refractivity contribution < 1.29 is 48.6 Å². The molecule has 0 atom stereocenters. The van der Waals surface area contributed by atoms with Gasteiger partial charge in [0.2, 0.25) is 5.75 Å². The van der Waals surface area contributed by atoms with E-state index in [-0.39, 0.29) is 35.2 Å². The highest BCUT2D eigenvalue weighted by molar-refractivity contribution is 5.73. The number of allylic oxidation sites excluding steroid dienone is 1. The Bertz CT molecular complexity index is 1660. The first-order valence-corrected chi connectivity index (χ1v) is 14.4. The molecule has 0 fully saturated rings. The number of halogens is 10. The van der Waals surface area contributed by atoms with Gasteiger partial charge in [-0.15, -0.1) is 13.2 Å². The maximum Gasteiger partial charge on any atom is 0.573 e.